The molecule has 6 nitrogen and oxygen atoms in total. The van der Waals surface area contributed by atoms with Gasteiger partial charge >= 0.3 is 0 Å². The second-order valence-electron chi connectivity index (χ2n) is 4.50. The molecular formula is C12H17ClN4O2. The van der Waals surface area contributed by atoms with E-state index in [-0.39, 0.29) is 17.0 Å². The zero-order valence-electron chi connectivity index (χ0n) is 10.8. The van der Waals surface area contributed by atoms with Crippen LogP contribution in [0, 0.1) is 5.92 Å². The summed E-state index contributed by atoms with van der Waals surface area (Å²) in [5.74, 6) is 0.992. The largest absolute Gasteiger partial charge is 0.481 e. The summed E-state index contributed by atoms with van der Waals surface area (Å²) < 4.78 is 4.96. The maximum atomic E-state index is 11.8. The van der Waals surface area contributed by atoms with E-state index in [1.165, 1.54) is 13.2 Å². The molecule has 0 spiro atoms. The van der Waals surface area contributed by atoms with Crippen molar-refractivity contribution in [2.24, 2.45) is 5.92 Å². The van der Waals surface area contributed by atoms with Crippen LogP contribution in [-0.4, -0.2) is 36.1 Å². The summed E-state index contributed by atoms with van der Waals surface area (Å²) in [6, 6.07) is 1.49. The Bertz CT molecular complexity index is 449. The van der Waals surface area contributed by atoms with Crippen LogP contribution in [0.1, 0.15) is 19.3 Å². The summed E-state index contributed by atoms with van der Waals surface area (Å²) in [4.78, 5) is 19.7. The lowest BCUT2D eigenvalue weighted by atomic mass is 10.0. The predicted molar refractivity (Wildman–Crippen MR) is 72.4 cm³/mol. The van der Waals surface area contributed by atoms with Gasteiger partial charge in [-0.1, -0.05) is 11.6 Å². The SMILES string of the molecule is COc1cc(Cl)nc(NC(=O)CCC2CCNC2)n1. The van der Waals surface area contributed by atoms with E-state index in [0.717, 1.165) is 25.9 Å². The number of ether oxygens (including phenoxy) is 1. The molecule has 1 fully saturated rings. The Hall–Kier alpha value is -1.40. The molecule has 0 radical (unpaired) electrons. The van der Waals surface area contributed by atoms with Crippen LogP contribution in [0.3, 0.4) is 0 Å². The van der Waals surface area contributed by atoms with Crippen LogP contribution in [0.4, 0.5) is 5.95 Å². The molecule has 1 aliphatic rings. The lowest BCUT2D eigenvalue weighted by molar-refractivity contribution is -0.116. The fraction of sp³-hybridized carbons (Fsp3) is 0.583. The topological polar surface area (TPSA) is 76.1 Å². The molecular weight excluding hydrogens is 268 g/mol. The van der Waals surface area contributed by atoms with Crippen LogP contribution in [0.2, 0.25) is 5.15 Å². The first-order chi connectivity index (χ1) is 9.17. The van der Waals surface area contributed by atoms with Crippen LogP contribution < -0.4 is 15.4 Å². The van der Waals surface area contributed by atoms with E-state index in [9.17, 15) is 4.79 Å². The number of amides is 1. The van der Waals surface area contributed by atoms with Gasteiger partial charge in [-0.3, -0.25) is 10.1 Å². The molecule has 0 aliphatic carbocycles. The van der Waals surface area contributed by atoms with Crippen molar-refractivity contribution < 1.29 is 9.53 Å². The van der Waals surface area contributed by atoms with Gasteiger partial charge in [0.15, 0.2) is 0 Å². The van der Waals surface area contributed by atoms with Crippen LogP contribution in [0.25, 0.3) is 0 Å². The van der Waals surface area contributed by atoms with Gasteiger partial charge in [0.2, 0.25) is 17.7 Å². The molecule has 1 aromatic heterocycles. The van der Waals surface area contributed by atoms with Crippen LogP contribution in [0.5, 0.6) is 5.88 Å². The Labute approximate surface area is 116 Å². The molecule has 1 unspecified atom stereocenters. The molecule has 0 bridgehead atoms. The van der Waals surface area contributed by atoms with Gasteiger partial charge in [-0.25, -0.2) is 4.98 Å². The third-order valence-electron chi connectivity index (χ3n) is 3.07. The number of anilines is 1. The fourth-order valence-corrected chi connectivity index (χ4v) is 2.21. The molecule has 2 rings (SSSR count). The number of nitrogens with zero attached hydrogens (tertiary/aromatic N) is 2. The van der Waals surface area contributed by atoms with Gasteiger partial charge in [-0.05, 0) is 31.8 Å². The third kappa shape index (κ3) is 4.33. The van der Waals surface area contributed by atoms with Crippen molar-refractivity contribution >= 4 is 23.5 Å². The summed E-state index contributed by atoms with van der Waals surface area (Å²) in [6.07, 6.45) is 2.47. The molecule has 1 atom stereocenters. The fourth-order valence-electron chi connectivity index (χ4n) is 2.04. The quantitative estimate of drug-likeness (QED) is 0.801. The predicted octanol–water partition coefficient (Wildman–Crippen LogP) is 1.47. The smallest absolute Gasteiger partial charge is 0.234 e. The van der Waals surface area contributed by atoms with Gasteiger partial charge in [-0.15, -0.1) is 0 Å². The highest BCUT2D eigenvalue weighted by Crippen LogP contribution is 2.17. The van der Waals surface area contributed by atoms with E-state index in [0.29, 0.717) is 18.2 Å². The summed E-state index contributed by atoms with van der Waals surface area (Å²) in [7, 11) is 1.48. The summed E-state index contributed by atoms with van der Waals surface area (Å²) in [5, 5.41) is 6.15. The summed E-state index contributed by atoms with van der Waals surface area (Å²) in [5.41, 5.74) is 0. The van der Waals surface area contributed by atoms with Gasteiger partial charge in [0, 0.05) is 12.5 Å². The van der Waals surface area contributed by atoms with E-state index in [1.807, 2.05) is 0 Å². The lowest BCUT2D eigenvalue weighted by Gasteiger charge is -2.08. The lowest BCUT2D eigenvalue weighted by Crippen LogP contribution is -2.16. The number of hydrogen-bond acceptors (Lipinski definition) is 5. The van der Waals surface area contributed by atoms with Crippen molar-refractivity contribution in [1.29, 1.82) is 0 Å². The highest BCUT2D eigenvalue weighted by atomic mass is 35.5. The van der Waals surface area contributed by atoms with E-state index in [1.54, 1.807) is 0 Å². The van der Waals surface area contributed by atoms with Gasteiger partial charge in [0.05, 0.1) is 7.11 Å². The average molecular weight is 285 g/mol. The Morgan fingerprint density at radius 1 is 1.63 bits per heavy atom. The first-order valence-corrected chi connectivity index (χ1v) is 6.64. The molecule has 0 aromatic carbocycles. The van der Waals surface area contributed by atoms with Crippen molar-refractivity contribution in [3.05, 3.63) is 11.2 Å². The van der Waals surface area contributed by atoms with Crippen molar-refractivity contribution in [2.75, 3.05) is 25.5 Å². The van der Waals surface area contributed by atoms with Gasteiger partial charge < -0.3 is 10.1 Å². The number of nitrogens with one attached hydrogen (secondary N) is 2. The number of halogens is 1. The molecule has 1 aromatic rings. The molecule has 2 heterocycles. The van der Waals surface area contributed by atoms with Gasteiger partial charge in [-0.2, -0.15) is 4.98 Å². The molecule has 1 aliphatic heterocycles. The number of hydrogen-bond donors (Lipinski definition) is 2. The Morgan fingerprint density at radius 3 is 3.16 bits per heavy atom. The second-order valence-corrected chi connectivity index (χ2v) is 4.89. The molecule has 104 valence electrons. The van der Waals surface area contributed by atoms with Crippen molar-refractivity contribution in [3.63, 3.8) is 0 Å². The maximum Gasteiger partial charge on any atom is 0.234 e. The molecule has 0 saturated carbocycles. The Balaban J connectivity index is 1.85. The van der Waals surface area contributed by atoms with Crippen molar-refractivity contribution in [3.8, 4) is 5.88 Å². The molecule has 1 amide bonds. The van der Waals surface area contributed by atoms with Crippen LogP contribution in [0.15, 0.2) is 6.07 Å². The van der Waals surface area contributed by atoms with Crippen molar-refractivity contribution in [2.45, 2.75) is 19.3 Å². The maximum absolute atomic E-state index is 11.8. The van der Waals surface area contributed by atoms with E-state index >= 15 is 0 Å². The normalized spacial score (nSPS) is 18.3. The number of methoxy groups -OCH3 is 1. The van der Waals surface area contributed by atoms with Crippen LogP contribution >= 0.6 is 11.6 Å². The Morgan fingerprint density at radius 2 is 2.47 bits per heavy atom. The zero-order valence-corrected chi connectivity index (χ0v) is 11.5. The van der Waals surface area contributed by atoms with E-state index in [4.69, 9.17) is 16.3 Å². The summed E-state index contributed by atoms with van der Waals surface area (Å²) in [6.45, 7) is 2.04. The van der Waals surface area contributed by atoms with Crippen molar-refractivity contribution in [1.82, 2.24) is 15.3 Å². The molecule has 1 saturated heterocycles. The molecule has 2 N–H and O–H groups in total. The molecule has 7 heteroatoms. The highest BCUT2D eigenvalue weighted by molar-refractivity contribution is 6.29. The van der Waals surface area contributed by atoms with E-state index in [2.05, 4.69) is 20.6 Å². The minimum Gasteiger partial charge on any atom is -0.481 e. The number of carbonyl (C=O) groups is 1. The monoisotopic (exact) mass is 284 g/mol. The minimum atomic E-state index is -0.101. The summed E-state index contributed by atoms with van der Waals surface area (Å²) >= 11 is 5.80. The third-order valence-corrected chi connectivity index (χ3v) is 3.27. The first-order valence-electron chi connectivity index (χ1n) is 6.26. The number of rotatable bonds is 5. The van der Waals surface area contributed by atoms with E-state index < -0.39 is 0 Å². The van der Waals surface area contributed by atoms with Gasteiger partial charge in [0.1, 0.15) is 5.15 Å². The highest BCUT2D eigenvalue weighted by Gasteiger charge is 2.16. The number of carbonyl (C=O) groups excluding carboxylic acids is 1. The Kier molecular flexibility index (Phi) is 4.93. The second kappa shape index (κ2) is 6.68. The first kappa shape index (κ1) is 14.0. The van der Waals surface area contributed by atoms with Gasteiger partial charge in [0.25, 0.3) is 0 Å². The average Bonchev–Trinajstić information content (AvgIpc) is 2.88. The zero-order chi connectivity index (χ0) is 13.7. The standard InChI is InChI=1S/C12H17ClN4O2/c1-19-11-6-9(13)15-12(17-11)16-10(18)3-2-8-4-5-14-7-8/h6,8,14H,2-5,7H2,1H3,(H,15,16,17,18). The molecule has 19 heavy (non-hydrogen) atoms. The van der Waals surface area contributed by atoms with Crippen LogP contribution in [-0.2, 0) is 4.79 Å². The number of aromatic nitrogens is 2. The minimum absolute atomic E-state index is 0.101.